The van der Waals surface area contributed by atoms with Crippen LogP contribution in [0.25, 0.3) is 0 Å². The van der Waals surface area contributed by atoms with Gasteiger partial charge in [-0.2, -0.15) is 0 Å². The Balaban J connectivity index is 1.89. The first-order valence-corrected chi connectivity index (χ1v) is 8.76. The predicted molar refractivity (Wildman–Crippen MR) is 102 cm³/mol. The first-order chi connectivity index (χ1) is 13.3. The first kappa shape index (κ1) is 17.1. The summed E-state index contributed by atoms with van der Waals surface area (Å²) in [7, 11) is 0. The Morgan fingerprint density at radius 2 is 1.85 bits per heavy atom. The van der Waals surface area contributed by atoms with Gasteiger partial charge in [-0.25, -0.2) is 4.99 Å². The molecular formula is C21H19FN4O. The van der Waals surface area contributed by atoms with Gasteiger partial charge in [-0.1, -0.05) is 18.2 Å². The smallest absolute Gasteiger partial charge is 0.146 e. The molecule has 6 heteroatoms. The molecule has 3 aromatic rings. The van der Waals surface area contributed by atoms with E-state index in [2.05, 4.69) is 9.97 Å². The third-order valence-electron chi connectivity index (χ3n) is 4.62. The van der Waals surface area contributed by atoms with Crippen molar-refractivity contribution >= 4 is 5.84 Å². The maximum atomic E-state index is 12.4. The van der Waals surface area contributed by atoms with Crippen molar-refractivity contribution in [3.8, 4) is 5.75 Å². The van der Waals surface area contributed by atoms with Crippen LogP contribution in [0.5, 0.6) is 5.75 Å². The van der Waals surface area contributed by atoms with Crippen LogP contribution in [0.15, 0.2) is 72.1 Å². The van der Waals surface area contributed by atoms with Crippen LogP contribution in [-0.4, -0.2) is 29.1 Å². The Hall–Kier alpha value is -3.28. The maximum absolute atomic E-state index is 12.4. The molecule has 0 fully saturated rings. The minimum absolute atomic E-state index is 0.325. The molecule has 0 saturated carbocycles. The van der Waals surface area contributed by atoms with Crippen LogP contribution in [-0.2, 0) is 5.54 Å². The second-order valence-electron chi connectivity index (χ2n) is 6.26. The minimum atomic E-state index is -0.823. The topological polar surface area (TPSA) is 73.4 Å². The Morgan fingerprint density at radius 1 is 1.00 bits per heavy atom. The number of alkyl halides is 1. The molecule has 4 rings (SSSR count). The van der Waals surface area contributed by atoms with Crippen molar-refractivity contribution < 1.29 is 9.13 Å². The van der Waals surface area contributed by atoms with Gasteiger partial charge in [0.25, 0.3) is 0 Å². The highest BCUT2D eigenvalue weighted by Crippen LogP contribution is 2.45. The van der Waals surface area contributed by atoms with E-state index in [4.69, 9.17) is 15.5 Å². The number of halogens is 1. The molecule has 1 aromatic carbocycles. The lowest BCUT2D eigenvalue weighted by Crippen LogP contribution is -2.25. The zero-order valence-corrected chi connectivity index (χ0v) is 14.7. The summed E-state index contributed by atoms with van der Waals surface area (Å²) in [4.78, 5) is 13.4. The van der Waals surface area contributed by atoms with Gasteiger partial charge in [0.2, 0.25) is 0 Å². The fourth-order valence-electron chi connectivity index (χ4n) is 3.45. The number of pyridine rings is 2. The third-order valence-corrected chi connectivity index (χ3v) is 4.62. The van der Waals surface area contributed by atoms with Gasteiger partial charge in [-0.3, -0.25) is 14.4 Å². The van der Waals surface area contributed by atoms with Gasteiger partial charge in [0.1, 0.15) is 22.8 Å². The summed E-state index contributed by atoms with van der Waals surface area (Å²) < 4.78 is 18.1. The summed E-state index contributed by atoms with van der Waals surface area (Å²) in [5, 5.41) is 0. The van der Waals surface area contributed by atoms with E-state index in [1.165, 1.54) is 0 Å². The first-order valence-electron chi connectivity index (χ1n) is 8.76. The second-order valence-corrected chi connectivity index (χ2v) is 6.26. The fraction of sp³-hybridized carbons (Fsp3) is 0.190. The number of rotatable bonds is 6. The van der Waals surface area contributed by atoms with E-state index >= 15 is 0 Å². The largest absolute Gasteiger partial charge is 0.493 e. The van der Waals surface area contributed by atoms with Crippen molar-refractivity contribution in [2.45, 2.75) is 12.0 Å². The number of nitrogens with two attached hydrogens (primary N) is 1. The van der Waals surface area contributed by atoms with Crippen molar-refractivity contribution in [2.75, 3.05) is 13.3 Å². The lowest BCUT2D eigenvalue weighted by atomic mass is 9.79. The molecular weight excluding hydrogens is 343 g/mol. The molecule has 1 aliphatic rings. The number of aromatic nitrogens is 2. The molecule has 0 saturated heterocycles. The molecule has 0 aliphatic carbocycles. The van der Waals surface area contributed by atoms with E-state index < -0.39 is 12.2 Å². The molecule has 27 heavy (non-hydrogen) atoms. The monoisotopic (exact) mass is 362 g/mol. The molecule has 1 unspecified atom stereocenters. The van der Waals surface area contributed by atoms with Gasteiger partial charge in [0.15, 0.2) is 0 Å². The highest BCUT2D eigenvalue weighted by atomic mass is 19.1. The number of benzene rings is 1. The fourth-order valence-corrected chi connectivity index (χ4v) is 3.45. The SMILES string of the molecule is NC1=NC(c2ccncc2)(c2cccc(OCCCF)c2)c2cccnc21. The van der Waals surface area contributed by atoms with E-state index in [0.717, 1.165) is 16.7 Å². The van der Waals surface area contributed by atoms with E-state index in [1.54, 1.807) is 18.6 Å². The van der Waals surface area contributed by atoms with Crippen molar-refractivity contribution in [3.63, 3.8) is 0 Å². The van der Waals surface area contributed by atoms with Gasteiger partial charge >= 0.3 is 0 Å². The molecule has 0 spiro atoms. The van der Waals surface area contributed by atoms with E-state index in [-0.39, 0.29) is 0 Å². The van der Waals surface area contributed by atoms with Crippen molar-refractivity contribution in [3.05, 3.63) is 89.5 Å². The molecule has 5 nitrogen and oxygen atoms in total. The number of ether oxygens (including phenoxy) is 1. The van der Waals surface area contributed by atoms with Crippen LogP contribution < -0.4 is 10.5 Å². The van der Waals surface area contributed by atoms with Crippen LogP contribution in [0, 0.1) is 0 Å². The Morgan fingerprint density at radius 3 is 2.67 bits per heavy atom. The molecule has 2 aromatic heterocycles. The number of hydrogen-bond donors (Lipinski definition) is 1. The van der Waals surface area contributed by atoms with Gasteiger partial charge < -0.3 is 10.5 Å². The molecule has 1 atom stereocenters. The maximum Gasteiger partial charge on any atom is 0.146 e. The quantitative estimate of drug-likeness (QED) is 0.683. The number of fused-ring (bicyclic) bond motifs is 1. The van der Waals surface area contributed by atoms with Crippen LogP contribution in [0.3, 0.4) is 0 Å². The number of aliphatic imine (C=N–C) groups is 1. The lowest BCUT2D eigenvalue weighted by Gasteiger charge is -2.29. The Labute approximate surface area is 156 Å². The van der Waals surface area contributed by atoms with Gasteiger partial charge in [0.05, 0.1) is 13.3 Å². The van der Waals surface area contributed by atoms with Crippen molar-refractivity contribution in [2.24, 2.45) is 10.7 Å². The molecule has 0 bridgehead atoms. The summed E-state index contributed by atoms with van der Waals surface area (Å²) in [5.74, 6) is 1.06. The highest BCUT2D eigenvalue weighted by Gasteiger charge is 2.43. The summed E-state index contributed by atoms with van der Waals surface area (Å²) in [5.41, 5.74) is 8.84. The molecule has 2 N–H and O–H groups in total. The van der Waals surface area contributed by atoms with E-state index in [0.29, 0.717) is 30.3 Å². The molecule has 3 heterocycles. The Kier molecular flexibility index (Phi) is 4.54. The van der Waals surface area contributed by atoms with E-state index in [1.807, 2.05) is 48.5 Å². The highest BCUT2D eigenvalue weighted by molar-refractivity contribution is 6.01. The number of amidine groups is 1. The average molecular weight is 362 g/mol. The van der Waals surface area contributed by atoms with Crippen LogP contribution in [0.4, 0.5) is 4.39 Å². The van der Waals surface area contributed by atoms with Gasteiger partial charge in [0, 0.05) is 30.6 Å². The normalized spacial score (nSPS) is 18.0. The number of nitrogens with zero attached hydrogens (tertiary/aromatic N) is 3. The lowest BCUT2D eigenvalue weighted by molar-refractivity contribution is 0.289. The molecule has 1 aliphatic heterocycles. The van der Waals surface area contributed by atoms with Crippen molar-refractivity contribution in [1.29, 1.82) is 0 Å². The second kappa shape index (κ2) is 7.15. The zero-order valence-electron chi connectivity index (χ0n) is 14.7. The minimum Gasteiger partial charge on any atom is -0.493 e. The zero-order chi connectivity index (χ0) is 18.7. The summed E-state index contributed by atoms with van der Waals surface area (Å²) in [6.07, 6.45) is 5.54. The summed E-state index contributed by atoms with van der Waals surface area (Å²) in [6, 6.07) is 15.4. The van der Waals surface area contributed by atoms with Crippen LogP contribution in [0.2, 0.25) is 0 Å². The molecule has 0 radical (unpaired) electrons. The van der Waals surface area contributed by atoms with Gasteiger partial charge in [-0.05, 0) is 41.5 Å². The number of hydrogen-bond acceptors (Lipinski definition) is 5. The average Bonchev–Trinajstić information content (AvgIpc) is 3.03. The summed E-state index contributed by atoms with van der Waals surface area (Å²) >= 11 is 0. The van der Waals surface area contributed by atoms with Gasteiger partial charge in [-0.15, -0.1) is 0 Å². The third kappa shape index (κ3) is 2.93. The van der Waals surface area contributed by atoms with Crippen LogP contribution >= 0.6 is 0 Å². The molecule has 136 valence electrons. The van der Waals surface area contributed by atoms with E-state index in [9.17, 15) is 4.39 Å². The van der Waals surface area contributed by atoms with Crippen molar-refractivity contribution in [1.82, 2.24) is 9.97 Å². The Bertz CT molecular complexity index is 977. The molecule has 0 amide bonds. The predicted octanol–water partition coefficient (Wildman–Crippen LogP) is 3.23. The van der Waals surface area contributed by atoms with Crippen LogP contribution in [0.1, 0.15) is 28.8 Å². The summed E-state index contributed by atoms with van der Waals surface area (Å²) in [6.45, 7) is -0.0771. The standard InChI is InChI=1S/C21H19FN4O/c22-9-3-13-27-17-5-1-4-16(14-17)21(15-7-11-24-12-8-15)18-6-2-10-25-19(18)20(23)26-21/h1-2,4-8,10-12,14H,3,9,13H2,(H2,23,26).